The van der Waals surface area contributed by atoms with Crippen molar-refractivity contribution in [2.75, 3.05) is 0 Å². The first-order valence-electron chi connectivity index (χ1n) is 7.41. The number of hydrogen-bond acceptors (Lipinski definition) is 1. The van der Waals surface area contributed by atoms with Gasteiger partial charge >= 0.3 is 6.18 Å². The molecule has 0 radical (unpaired) electrons. The number of halogens is 3. The van der Waals surface area contributed by atoms with Crippen molar-refractivity contribution in [2.24, 2.45) is 0 Å². The summed E-state index contributed by atoms with van der Waals surface area (Å²) in [5.74, 6) is 0. The van der Waals surface area contributed by atoms with Gasteiger partial charge in [-0.05, 0) is 29.5 Å². The van der Waals surface area contributed by atoms with E-state index in [0.29, 0.717) is 6.54 Å². The van der Waals surface area contributed by atoms with Gasteiger partial charge in [-0.1, -0.05) is 52.8 Å². The second-order valence-electron chi connectivity index (χ2n) is 4.14. The second kappa shape index (κ2) is 9.01. The molecule has 1 N–H and O–H groups in total. The predicted molar refractivity (Wildman–Crippen MR) is 78.9 cm³/mol. The monoisotopic (exact) mass is 289 g/mol. The maximum Gasteiger partial charge on any atom is 0.404 e. The van der Waals surface area contributed by atoms with Gasteiger partial charge in [-0.3, -0.25) is 0 Å². The van der Waals surface area contributed by atoms with Crippen molar-refractivity contribution in [1.29, 1.82) is 0 Å². The molecule has 0 aliphatic carbocycles. The molecule has 0 fully saturated rings. The molecule has 1 aromatic carbocycles. The molecule has 0 spiro atoms. The van der Waals surface area contributed by atoms with Crippen molar-refractivity contribution < 1.29 is 13.2 Å². The highest BCUT2D eigenvalue weighted by Gasteiger charge is 2.41. The number of hydrogen-bond donors (Lipinski definition) is 1. The summed E-state index contributed by atoms with van der Waals surface area (Å²) in [6, 6.07) is 4.34. The molecular formula is C16H26F3N. The molecule has 1 aromatic rings. The molecule has 116 valence electrons. The van der Waals surface area contributed by atoms with E-state index in [1.807, 2.05) is 52.8 Å². The fraction of sp³-hybridized carbons (Fsp3) is 0.625. The van der Waals surface area contributed by atoms with Gasteiger partial charge in [0.1, 0.15) is 6.04 Å². The molecular weight excluding hydrogens is 263 g/mol. The first kappa shape index (κ1) is 19.0. The zero-order valence-electron chi connectivity index (χ0n) is 13.1. The Morgan fingerprint density at radius 1 is 1.10 bits per heavy atom. The number of benzene rings is 1. The minimum Gasteiger partial charge on any atom is -0.302 e. The average Bonchev–Trinajstić information content (AvgIpc) is 2.49. The van der Waals surface area contributed by atoms with Crippen LogP contribution in [0.2, 0.25) is 0 Å². The van der Waals surface area contributed by atoms with Crippen LogP contribution in [0.5, 0.6) is 0 Å². The summed E-state index contributed by atoms with van der Waals surface area (Å²) in [5.41, 5.74) is 2.99. The van der Waals surface area contributed by atoms with Crippen LogP contribution in [-0.4, -0.2) is 12.2 Å². The molecule has 1 unspecified atom stereocenters. The molecule has 2 rings (SSSR count). The van der Waals surface area contributed by atoms with Gasteiger partial charge in [0, 0.05) is 6.54 Å². The molecule has 0 saturated heterocycles. The fourth-order valence-corrected chi connectivity index (χ4v) is 2.02. The summed E-state index contributed by atoms with van der Waals surface area (Å²) in [7, 11) is 0. The van der Waals surface area contributed by atoms with Gasteiger partial charge in [0.25, 0.3) is 0 Å². The summed E-state index contributed by atoms with van der Waals surface area (Å²) < 4.78 is 37.6. The maximum absolute atomic E-state index is 12.5. The van der Waals surface area contributed by atoms with E-state index in [4.69, 9.17) is 0 Å². The SMILES string of the molecule is CC.CC.CCc1ccc2c(c1)CNC(C(F)(F)F)C2. The van der Waals surface area contributed by atoms with E-state index in [0.717, 1.165) is 17.5 Å². The molecule has 0 bridgehead atoms. The minimum absolute atomic E-state index is 0.0445. The maximum atomic E-state index is 12.5. The van der Waals surface area contributed by atoms with Crippen molar-refractivity contribution >= 4 is 0 Å². The first-order chi connectivity index (χ1) is 9.50. The predicted octanol–water partition coefficient (Wildman–Crippen LogP) is 4.88. The van der Waals surface area contributed by atoms with E-state index in [2.05, 4.69) is 5.32 Å². The Morgan fingerprint density at radius 2 is 1.70 bits per heavy atom. The Bertz CT molecular complexity index is 386. The van der Waals surface area contributed by atoms with Gasteiger partial charge < -0.3 is 5.32 Å². The highest BCUT2D eigenvalue weighted by molar-refractivity contribution is 5.34. The molecule has 0 aromatic heterocycles. The van der Waals surface area contributed by atoms with Crippen LogP contribution in [-0.2, 0) is 19.4 Å². The zero-order valence-corrected chi connectivity index (χ0v) is 13.1. The average molecular weight is 289 g/mol. The van der Waals surface area contributed by atoms with Crippen LogP contribution in [0, 0.1) is 0 Å². The van der Waals surface area contributed by atoms with Crippen LogP contribution in [0.25, 0.3) is 0 Å². The van der Waals surface area contributed by atoms with Gasteiger partial charge in [0.05, 0.1) is 0 Å². The molecule has 0 amide bonds. The van der Waals surface area contributed by atoms with Crippen molar-refractivity contribution in [3.05, 3.63) is 34.9 Å². The molecule has 1 aliphatic rings. The highest BCUT2D eigenvalue weighted by Crippen LogP contribution is 2.28. The fourth-order valence-electron chi connectivity index (χ4n) is 2.02. The quantitative estimate of drug-likeness (QED) is 0.777. The summed E-state index contributed by atoms with van der Waals surface area (Å²) in [4.78, 5) is 0. The molecule has 1 atom stereocenters. The van der Waals surface area contributed by atoms with Gasteiger partial charge in [-0.15, -0.1) is 0 Å². The van der Waals surface area contributed by atoms with Gasteiger partial charge in [0.2, 0.25) is 0 Å². The second-order valence-corrected chi connectivity index (χ2v) is 4.14. The van der Waals surface area contributed by atoms with Crippen molar-refractivity contribution in [2.45, 2.75) is 66.2 Å². The van der Waals surface area contributed by atoms with Crippen LogP contribution < -0.4 is 5.32 Å². The van der Waals surface area contributed by atoms with Crippen molar-refractivity contribution in [3.63, 3.8) is 0 Å². The standard InChI is InChI=1S/C12H14F3N.2C2H6/c1-2-8-3-4-9-6-11(12(13,14)15)16-7-10(9)5-8;2*1-2/h3-5,11,16H,2,6-7H2,1H3;2*1-2H3. The molecule has 1 aliphatic heterocycles. The Hall–Kier alpha value is -1.03. The largest absolute Gasteiger partial charge is 0.404 e. The summed E-state index contributed by atoms with van der Waals surface area (Å²) >= 11 is 0. The Kier molecular flexibility index (Phi) is 8.54. The summed E-state index contributed by atoms with van der Waals surface area (Å²) in [6.07, 6.45) is -3.19. The molecule has 1 heterocycles. The lowest BCUT2D eigenvalue weighted by atomic mass is 9.93. The zero-order chi connectivity index (χ0) is 15.8. The van der Waals surface area contributed by atoms with E-state index >= 15 is 0 Å². The number of rotatable bonds is 1. The van der Waals surface area contributed by atoms with E-state index in [1.165, 1.54) is 5.56 Å². The van der Waals surface area contributed by atoms with Crippen LogP contribution in [0.3, 0.4) is 0 Å². The lowest BCUT2D eigenvalue weighted by molar-refractivity contribution is -0.157. The lowest BCUT2D eigenvalue weighted by Crippen LogP contribution is -2.46. The number of aryl methyl sites for hydroxylation is 1. The Morgan fingerprint density at radius 3 is 2.20 bits per heavy atom. The Labute approximate surface area is 120 Å². The summed E-state index contributed by atoms with van der Waals surface area (Å²) in [6.45, 7) is 10.4. The van der Waals surface area contributed by atoms with Gasteiger partial charge in [-0.25, -0.2) is 0 Å². The highest BCUT2D eigenvalue weighted by atomic mass is 19.4. The van der Waals surface area contributed by atoms with Gasteiger partial charge in [-0.2, -0.15) is 13.2 Å². The number of nitrogens with one attached hydrogen (secondary N) is 1. The van der Waals surface area contributed by atoms with Crippen LogP contribution in [0.15, 0.2) is 18.2 Å². The van der Waals surface area contributed by atoms with Crippen molar-refractivity contribution in [3.8, 4) is 0 Å². The van der Waals surface area contributed by atoms with Crippen LogP contribution in [0.4, 0.5) is 13.2 Å². The molecule has 0 saturated carbocycles. The van der Waals surface area contributed by atoms with E-state index < -0.39 is 12.2 Å². The number of alkyl halides is 3. The molecule has 1 nitrogen and oxygen atoms in total. The number of fused-ring (bicyclic) bond motifs is 1. The topological polar surface area (TPSA) is 12.0 Å². The minimum atomic E-state index is -4.15. The van der Waals surface area contributed by atoms with Gasteiger partial charge in [0.15, 0.2) is 0 Å². The summed E-state index contributed by atoms with van der Waals surface area (Å²) in [5, 5.41) is 2.54. The third-order valence-corrected chi connectivity index (χ3v) is 3.04. The third-order valence-electron chi connectivity index (χ3n) is 3.04. The van der Waals surface area contributed by atoms with E-state index in [1.54, 1.807) is 0 Å². The van der Waals surface area contributed by atoms with Crippen molar-refractivity contribution in [1.82, 2.24) is 5.32 Å². The smallest absolute Gasteiger partial charge is 0.302 e. The first-order valence-corrected chi connectivity index (χ1v) is 7.41. The Balaban J connectivity index is 0.000000829. The molecule has 4 heteroatoms. The van der Waals surface area contributed by atoms with E-state index in [9.17, 15) is 13.2 Å². The lowest BCUT2D eigenvalue weighted by Gasteiger charge is -2.28. The van der Waals surface area contributed by atoms with Crippen LogP contribution in [0.1, 0.15) is 51.3 Å². The third kappa shape index (κ3) is 5.16. The van der Waals surface area contributed by atoms with E-state index in [-0.39, 0.29) is 6.42 Å². The normalized spacial score (nSPS) is 17.1. The molecule has 20 heavy (non-hydrogen) atoms. The van der Waals surface area contributed by atoms with Crippen LogP contribution >= 0.6 is 0 Å².